The molecule has 1 saturated heterocycles. The quantitative estimate of drug-likeness (QED) is 0.640. The van der Waals surface area contributed by atoms with Crippen LogP contribution in [0.25, 0.3) is 16.9 Å². The van der Waals surface area contributed by atoms with Crippen molar-refractivity contribution in [2.24, 2.45) is 0 Å². The maximum atomic E-state index is 14.9. The molecule has 174 valence electrons. The van der Waals surface area contributed by atoms with Crippen LogP contribution in [-0.2, 0) is 15.9 Å². The zero-order valence-electron chi connectivity index (χ0n) is 18.2. The number of carbonyl (C=O) groups excluding carboxylic acids is 1. The molecular formula is C23H23F2N3O5. The number of nitrogens with zero attached hydrogens (tertiary/aromatic N) is 3. The summed E-state index contributed by atoms with van der Waals surface area (Å²) < 4.78 is 42.4. The van der Waals surface area contributed by atoms with Crippen LogP contribution in [0.15, 0.2) is 30.5 Å². The van der Waals surface area contributed by atoms with Gasteiger partial charge in [-0.1, -0.05) is 0 Å². The zero-order valence-corrected chi connectivity index (χ0v) is 18.2. The van der Waals surface area contributed by atoms with Gasteiger partial charge in [-0.3, -0.25) is 0 Å². The Morgan fingerprint density at radius 2 is 2.00 bits per heavy atom. The molecule has 1 atom stereocenters. The number of halogens is 2. The van der Waals surface area contributed by atoms with E-state index < -0.39 is 40.9 Å². The number of amides is 1. The predicted octanol–water partition coefficient (Wildman–Crippen LogP) is 3.69. The van der Waals surface area contributed by atoms with Crippen LogP contribution < -0.4 is 0 Å². The average molecular weight is 459 g/mol. The molecule has 33 heavy (non-hydrogen) atoms. The molecule has 1 unspecified atom stereocenters. The smallest absolute Gasteiger partial charge is 0.409 e. The third kappa shape index (κ3) is 4.51. The Bertz CT molecular complexity index is 1200. The van der Waals surface area contributed by atoms with E-state index in [0.29, 0.717) is 30.9 Å². The van der Waals surface area contributed by atoms with E-state index in [1.165, 1.54) is 12.0 Å². The van der Waals surface area contributed by atoms with Crippen molar-refractivity contribution in [2.75, 3.05) is 26.8 Å². The minimum absolute atomic E-state index is 0.0602. The van der Waals surface area contributed by atoms with E-state index in [1.54, 1.807) is 16.7 Å². The monoisotopic (exact) mass is 459 g/mol. The number of pyridine rings is 1. The SMILES string of the molecule is COC(=O)N1CCCOC(Cc2c(-c3c(F)cc(C(=O)O)cc3F)nc3cc(C)ccn23)C1. The number of aryl methyl sites for hydroxylation is 1. The van der Waals surface area contributed by atoms with Crippen LogP contribution in [0.5, 0.6) is 0 Å². The Kier molecular flexibility index (Phi) is 6.28. The third-order valence-corrected chi connectivity index (χ3v) is 5.61. The summed E-state index contributed by atoms with van der Waals surface area (Å²) in [5, 5.41) is 9.12. The second kappa shape index (κ2) is 9.14. The Labute approximate surface area is 188 Å². The van der Waals surface area contributed by atoms with Crippen LogP contribution in [0.3, 0.4) is 0 Å². The molecule has 1 amide bonds. The van der Waals surface area contributed by atoms with E-state index in [-0.39, 0.29) is 18.7 Å². The molecule has 0 radical (unpaired) electrons. The first-order chi connectivity index (χ1) is 15.8. The molecule has 4 rings (SSSR count). The Balaban J connectivity index is 1.81. The highest BCUT2D eigenvalue weighted by atomic mass is 19.1. The average Bonchev–Trinajstić information content (AvgIpc) is 2.94. The van der Waals surface area contributed by atoms with Gasteiger partial charge in [-0.05, 0) is 43.2 Å². The molecule has 1 aromatic carbocycles. The van der Waals surface area contributed by atoms with Crippen molar-refractivity contribution in [3.8, 4) is 11.3 Å². The molecule has 10 heteroatoms. The third-order valence-electron chi connectivity index (χ3n) is 5.61. The molecule has 2 aromatic heterocycles. The second-order valence-corrected chi connectivity index (χ2v) is 7.93. The largest absolute Gasteiger partial charge is 0.478 e. The van der Waals surface area contributed by atoms with Gasteiger partial charge in [0, 0.05) is 25.8 Å². The molecule has 1 aliphatic heterocycles. The number of imidazole rings is 1. The van der Waals surface area contributed by atoms with E-state index in [1.807, 2.05) is 13.0 Å². The van der Waals surface area contributed by atoms with Crippen molar-refractivity contribution in [2.45, 2.75) is 25.9 Å². The lowest BCUT2D eigenvalue weighted by Gasteiger charge is -2.23. The van der Waals surface area contributed by atoms with Crippen LogP contribution in [0.1, 0.15) is 28.0 Å². The minimum atomic E-state index is -1.43. The number of carboxylic acids is 1. The molecule has 1 aliphatic rings. The number of aromatic nitrogens is 2. The molecular weight excluding hydrogens is 436 g/mol. The summed E-state index contributed by atoms with van der Waals surface area (Å²) in [6.45, 7) is 3.01. The molecule has 0 saturated carbocycles. The van der Waals surface area contributed by atoms with Gasteiger partial charge in [0.2, 0.25) is 0 Å². The zero-order chi connectivity index (χ0) is 23.7. The standard InChI is InChI=1S/C23H23F2N3O5/c1-13-4-6-28-18(11-15-12-27(23(31)32-2)5-3-7-33-15)21(26-19(28)8-13)20-16(24)9-14(22(29)30)10-17(20)25/h4,6,8-10,15H,3,5,7,11-12H2,1-2H3,(H,29,30). The number of rotatable bonds is 4. The summed E-state index contributed by atoms with van der Waals surface area (Å²) >= 11 is 0. The van der Waals surface area contributed by atoms with Crippen molar-refractivity contribution in [3.63, 3.8) is 0 Å². The number of carboxylic acid groups (broad SMARTS) is 1. The number of hydrogen-bond donors (Lipinski definition) is 1. The van der Waals surface area contributed by atoms with Crippen LogP contribution in [-0.4, -0.2) is 64.4 Å². The van der Waals surface area contributed by atoms with Crippen molar-refractivity contribution in [1.82, 2.24) is 14.3 Å². The highest BCUT2D eigenvalue weighted by Crippen LogP contribution is 2.32. The molecule has 1 N–H and O–H groups in total. The van der Waals surface area contributed by atoms with Gasteiger partial charge in [0.25, 0.3) is 0 Å². The highest BCUT2D eigenvalue weighted by molar-refractivity contribution is 5.88. The van der Waals surface area contributed by atoms with Crippen molar-refractivity contribution < 1.29 is 33.0 Å². The molecule has 8 nitrogen and oxygen atoms in total. The van der Waals surface area contributed by atoms with E-state index in [0.717, 1.165) is 17.7 Å². The van der Waals surface area contributed by atoms with E-state index in [2.05, 4.69) is 4.98 Å². The van der Waals surface area contributed by atoms with Gasteiger partial charge in [-0.15, -0.1) is 0 Å². The summed E-state index contributed by atoms with van der Waals surface area (Å²) in [5.41, 5.74) is 1.05. The molecule has 3 aromatic rings. The van der Waals surface area contributed by atoms with Gasteiger partial charge in [0.05, 0.1) is 42.3 Å². The van der Waals surface area contributed by atoms with E-state index in [9.17, 15) is 18.4 Å². The van der Waals surface area contributed by atoms with Gasteiger partial charge in [0.1, 0.15) is 17.3 Å². The van der Waals surface area contributed by atoms with Gasteiger partial charge in [0.15, 0.2) is 0 Å². The summed E-state index contributed by atoms with van der Waals surface area (Å²) in [6, 6.07) is 5.18. The van der Waals surface area contributed by atoms with E-state index in [4.69, 9.17) is 14.6 Å². The summed E-state index contributed by atoms with van der Waals surface area (Å²) in [7, 11) is 1.31. The van der Waals surface area contributed by atoms with Crippen molar-refractivity contribution in [3.05, 3.63) is 58.9 Å². The van der Waals surface area contributed by atoms with Crippen LogP contribution >= 0.6 is 0 Å². The van der Waals surface area contributed by atoms with Crippen molar-refractivity contribution >= 4 is 17.7 Å². The Morgan fingerprint density at radius 3 is 2.67 bits per heavy atom. The number of carbonyl (C=O) groups is 2. The molecule has 3 heterocycles. The van der Waals surface area contributed by atoms with Crippen LogP contribution in [0.2, 0.25) is 0 Å². The summed E-state index contributed by atoms with van der Waals surface area (Å²) in [6.07, 6.45) is 1.67. The number of benzene rings is 1. The topological polar surface area (TPSA) is 93.4 Å². The minimum Gasteiger partial charge on any atom is -0.478 e. The molecule has 0 bridgehead atoms. The summed E-state index contributed by atoms with van der Waals surface area (Å²) in [5.74, 6) is -3.47. The Morgan fingerprint density at radius 1 is 1.27 bits per heavy atom. The Hall–Kier alpha value is -3.53. The maximum absolute atomic E-state index is 14.9. The number of ether oxygens (including phenoxy) is 2. The van der Waals surface area contributed by atoms with Gasteiger partial charge in [-0.2, -0.15) is 0 Å². The van der Waals surface area contributed by atoms with E-state index >= 15 is 0 Å². The first kappa shape index (κ1) is 22.7. The van der Waals surface area contributed by atoms with Gasteiger partial charge < -0.3 is 23.9 Å². The fourth-order valence-electron chi connectivity index (χ4n) is 4.04. The first-order valence-electron chi connectivity index (χ1n) is 10.4. The highest BCUT2D eigenvalue weighted by Gasteiger charge is 2.28. The fourth-order valence-corrected chi connectivity index (χ4v) is 4.04. The molecule has 0 spiro atoms. The first-order valence-corrected chi connectivity index (χ1v) is 10.4. The lowest BCUT2D eigenvalue weighted by Crippen LogP contribution is -2.37. The number of aromatic carboxylic acids is 1. The van der Waals surface area contributed by atoms with Crippen molar-refractivity contribution in [1.29, 1.82) is 0 Å². The fraction of sp³-hybridized carbons (Fsp3) is 0.348. The molecule has 1 fully saturated rings. The molecule has 0 aliphatic carbocycles. The normalized spacial score (nSPS) is 16.6. The predicted molar refractivity (Wildman–Crippen MR) is 114 cm³/mol. The van der Waals surface area contributed by atoms with Gasteiger partial charge in [-0.25, -0.2) is 23.4 Å². The maximum Gasteiger partial charge on any atom is 0.409 e. The van der Waals surface area contributed by atoms with Crippen LogP contribution in [0, 0.1) is 18.6 Å². The van der Waals surface area contributed by atoms with Crippen LogP contribution in [0.4, 0.5) is 13.6 Å². The number of fused-ring (bicyclic) bond motifs is 1. The number of hydrogen-bond acceptors (Lipinski definition) is 5. The number of methoxy groups -OCH3 is 1. The second-order valence-electron chi connectivity index (χ2n) is 7.93. The van der Waals surface area contributed by atoms with Gasteiger partial charge >= 0.3 is 12.1 Å². The summed E-state index contributed by atoms with van der Waals surface area (Å²) in [4.78, 5) is 29.3. The lowest BCUT2D eigenvalue weighted by atomic mass is 10.0. The lowest BCUT2D eigenvalue weighted by molar-refractivity contribution is 0.0514.